The minimum atomic E-state index is -3.38. The first kappa shape index (κ1) is 17.8. The maximum absolute atomic E-state index is 12.2. The molecule has 1 saturated heterocycles. The Morgan fingerprint density at radius 2 is 2.05 bits per heavy atom. The first-order valence-corrected chi connectivity index (χ1v) is 8.80. The lowest BCUT2D eigenvalue weighted by atomic mass is 9.99. The molecule has 0 aliphatic carbocycles. The zero-order chi connectivity index (χ0) is 15.2. The van der Waals surface area contributed by atoms with E-state index in [0.717, 1.165) is 19.4 Å². The first-order valence-electron chi connectivity index (χ1n) is 7.36. The van der Waals surface area contributed by atoms with E-state index < -0.39 is 10.2 Å². The predicted octanol–water partition coefficient (Wildman–Crippen LogP) is 0.566. The van der Waals surface area contributed by atoms with E-state index in [4.69, 9.17) is 4.74 Å². The van der Waals surface area contributed by atoms with Crippen LogP contribution in [-0.2, 0) is 14.9 Å². The number of hydrogen-bond acceptors (Lipinski definition) is 4. The zero-order valence-electron chi connectivity index (χ0n) is 13.1. The van der Waals surface area contributed by atoms with Crippen molar-refractivity contribution >= 4 is 10.2 Å². The second-order valence-corrected chi connectivity index (χ2v) is 7.58. The molecular weight excluding hydrogens is 278 g/mol. The van der Waals surface area contributed by atoms with Gasteiger partial charge in [0.1, 0.15) is 0 Å². The third-order valence-corrected chi connectivity index (χ3v) is 5.13. The number of nitrogens with zero attached hydrogens (tertiary/aromatic N) is 1. The van der Waals surface area contributed by atoms with Crippen LogP contribution in [0.1, 0.15) is 33.6 Å². The van der Waals surface area contributed by atoms with Crippen LogP contribution in [0.2, 0.25) is 0 Å². The fourth-order valence-electron chi connectivity index (χ4n) is 2.21. The van der Waals surface area contributed by atoms with Crippen LogP contribution in [0, 0.1) is 5.92 Å². The molecule has 0 radical (unpaired) electrons. The Morgan fingerprint density at radius 3 is 2.65 bits per heavy atom. The Balaban J connectivity index is 2.48. The van der Waals surface area contributed by atoms with Gasteiger partial charge in [0.05, 0.1) is 6.10 Å². The van der Waals surface area contributed by atoms with Gasteiger partial charge < -0.3 is 10.1 Å². The molecule has 20 heavy (non-hydrogen) atoms. The third kappa shape index (κ3) is 6.05. The highest BCUT2D eigenvalue weighted by Crippen LogP contribution is 2.18. The second kappa shape index (κ2) is 8.29. The van der Waals surface area contributed by atoms with Gasteiger partial charge >= 0.3 is 0 Å². The average Bonchev–Trinajstić information content (AvgIpc) is 2.43. The van der Waals surface area contributed by atoms with Crippen molar-refractivity contribution in [2.45, 2.75) is 45.8 Å². The van der Waals surface area contributed by atoms with Crippen LogP contribution in [0.15, 0.2) is 0 Å². The van der Waals surface area contributed by atoms with E-state index in [1.165, 1.54) is 0 Å². The van der Waals surface area contributed by atoms with Gasteiger partial charge in [-0.1, -0.05) is 13.8 Å². The predicted molar refractivity (Wildman–Crippen MR) is 80.8 cm³/mol. The highest BCUT2D eigenvalue weighted by atomic mass is 32.2. The van der Waals surface area contributed by atoms with Crippen LogP contribution in [0.3, 0.4) is 0 Å². The number of nitrogens with one attached hydrogen (secondary N) is 2. The van der Waals surface area contributed by atoms with Gasteiger partial charge in [-0.2, -0.15) is 17.4 Å². The number of hydrogen-bond donors (Lipinski definition) is 2. The summed E-state index contributed by atoms with van der Waals surface area (Å²) in [5.41, 5.74) is 0. The van der Waals surface area contributed by atoms with E-state index in [1.807, 2.05) is 6.92 Å². The number of rotatable bonds is 8. The van der Waals surface area contributed by atoms with Crippen LogP contribution in [0.4, 0.5) is 0 Å². The van der Waals surface area contributed by atoms with Gasteiger partial charge in [0.2, 0.25) is 0 Å². The number of piperidine rings is 1. The number of methoxy groups -OCH3 is 1. The van der Waals surface area contributed by atoms with Gasteiger partial charge in [-0.3, -0.25) is 0 Å². The van der Waals surface area contributed by atoms with E-state index >= 15 is 0 Å². The largest absolute Gasteiger partial charge is 0.380 e. The molecule has 0 aromatic rings. The molecular formula is C13H29N3O3S. The molecule has 0 bridgehead atoms. The lowest BCUT2D eigenvalue weighted by Gasteiger charge is -2.32. The van der Waals surface area contributed by atoms with Gasteiger partial charge in [-0.25, -0.2) is 0 Å². The summed E-state index contributed by atoms with van der Waals surface area (Å²) in [4.78, 5) is 0. The van der Waals surface area contributed by atoms with E-state index in [0.29, 0.717) is 31.6 Å². The molecule has 2 atom stereocenters. The van der Waals surface area contributed by atoms with E-state index in [-0.39, 0.29) is 6.10 Å². The van der Waals surface area contributed by atoms with Crippen LogP contribution in [0.25, 0.3) is 0 Å². The van der Waals surface area contributed by atoms with Gasteiger partial charge in [0.15, 0.2) is 0 Å². The van der Waals surface area contributed by atoms with E-state index in [1.54, 1.807) is 11.4 Å². The highest BCUT2D eigenvalue weighted by Gasteiger charge is 2.28. The molecule has 1 aliphatic rings. The third-order valence-electron chi connectivity index (χ3n) is 3.59. The molecule has 2 N–H and O–H groups in total. The minimum absolute atomic E-state index is 0.118. The summed E-state index contributed by atoms with van der Waals surface area (Å²) >= 11 is 0. The summed E-state index contributed by atoms with van der Waals surface area (Å²) in [5, 5.41) is 3.38. The zero-order valence-corrected chi connectivity index (χ0v) is 13.9. The molecule has 120 valence electrons. The van der Waals surface area contributed by atoms with Gasteiger partial charge in [-0.15, -0.1) is 0 Å². The summed E-state index contributed by atoms with van der Waals surface area (Å²) in [6.07, 6.45) is 1.89. The average molecular weight is 307 g/mol. The summed E-state index contributed by atoms with van der Waals surface area (Å²) in [7, 11) is -1.81. The SMILES string of the molecule is COC(C)CNS(=O)(=O)N1CCCC(CNC(C)C)C1. The van der Waals surface area contributed by atoms with Crippen molar-refractivity contribution in [1.82, 2.24) is 14.3 Å². The summed E-state index contributed by atoms with van der Waals surface area (Å²) in [6, 6.07) is 0.433. The topological polar surface area (TPSA) is 70.7 Å². The Kier molecular flexibility index (Phi) is 7.39. The summed E-state index contributed by atoms with van der Waals surface area (Å²) < 4.78 is 33.7. The Labute approximate surface area is 123 Å². The molecule has 1 fully saturated rings. The van der Waals surface area contributed by atoms with Gasteiger partial charge in [-0.05, 0) is 32.2 Å². The molecule has 1 aliphatic heterocycles. The van der Waals surface area contributed by atoms with Crippen LogP contribution < -0.4 is 10.0 Å². The first-order chi connectivity index (χ1) is 9.35. The molecule has 0 amide bonds. The van der Waals surface area contributed by atoms with Crippen LogP contribution >= 0.6 is 0 Å². The molecule has 0 aromatic carbocycles. The van der Waals surface area contributed by atoms with Gasteiger partial charge in [0, 0.05) is 32.8 Å². The van der Waals surface area contributed by atoms with Gasteiger partial charge in [0.25, 0.3) is 10.2 Å². The van der Waals surface area contributed by atoms with E-state index in [2.05, 4.69) is 23.9 Å². The monoisotopic (exact) mass is 307 g/mol. The molecule has 6 nitrogen and oxygen atoms in total. The Hall–Kier alpha value is -0.210. The molecule has 0 spiro atoms. The van der Waals surface area contributed by atoms with Crippen molar-refractivity contribution in [3.8, 4) is 0 Å². The lowest BCUT2D eigenvalue weighted by molar-refractivity contribution is 0.121. The van der Waals surface area contributed by atoms with E-state index in [9.17, 15) is 8.42 Å². The van der Waals surface area contributed by atoms with Crippen molar-refractivity contribution in [1.29, 1.82) is 0 Å². The fraction of sp³-hybridized carbons (Fsp3) is 1.00. The summed E-state index contributed by atoms with van der Waals surface area (Å²) in [6.45, 7) is 8.43. The normalized spacial score (nSPS) is 23.1. The molecule has 2 unspecified atom stereocenters. The number of ether oxygens (including phenoxy) is 1. The minimum Gasteiger partial charge on any atom is -0.380 e. The molecule has 0 saturated carbocycles. The van der Waals surface area contributed by atoms with Crippen molar-refractivity contribution in [2.24, 2.45) is 5.92 Å². The lowest BCUT2D eigenvalue weighted by Crippen LogP contribution is -2.49. The maximum Gasteiger partial charge on any atom is 0.279 e. The summed E-state index contributed by atoms with van der Waals surface area (Å²) in [5.74, 6) is 0.391. The second-order valence-electron chi connectivity index (χ2n) is 5.83. The molecule has 0 aromatic heterocycles. The Bertz CT molecular complexity index is 373. The standard InChI is InChI=1S/C13H29N3O3S/c1-11(2)14-9-13-6-5-7-16(10-13)20(17,18)15-8-12(3)19-4/h11-15H,5-10H2,1-4H3. The van der Waals surface area contributed by atoms with Crippen molar-refractivity contribution in [2.75, 3.05) is 33.3 Å². The highest BCUT2D eigenvalue weighted by molar-refractivity contribution is 7.87. The van der Waals surface area contributed by atoms with Crippen LogP contribution in [-0.4, -0.2) is 58.2 Å². The van der Waals surface area contributed by atoms with Crippen molar-refractivity contribution < 1.29 is 13.2 Å². The Morgan fingerprint density at radius 1 is 1.35 bits per heavy atom. The fourth-order valence-corrected chi connectivity index (χ4v) is 3.62. The molecule has 7 heteroatoms. The van der Waals surface area contributed by atoms with Crippen LogP contribution in [0.5, 0.6) is 0 Å². The van der Waals surface area contributed by atoms with Crippen molar-refractivity contribution in [3.63, 3.8) is 0 Å². The smallest absolute Gasteiger partial charge is 0.279 e. The molecule has 1 heterocycles. The quantitative estimate of drug-likeness (QED) is 0.688. The maximum atomic E-state index is 12.2. The van der Waals surface area contributed by atoms with Crippen molar-refractivity contribution in [3.05, 3.63) is 0 Å². The molecule has 1 rings (SSSR count).